The van der Waals surface area contributed by atoms with Crippen LogP contribution in [0.4, 0.5) is 0 Å². The molecule has 1 aromatic carbocycles. The summed E-state index contributed by atoms with van der Waals surface area (Å²) in [5.74, 6) is 1.21. The molecule has 104 valence electrons. The van der Waals surface area contributed by atoms with Crippen molar-refractivity contribution in [1.29, 1.82) is 0 Å². The van der Waals surface area contributed by atoms with Gasteiger partial charge in [-0.15, -0.1) is 11.8 Å². The molecule has 0 saturated heterocycles. The Balaban J connectivity index is 1.71. The first-order chi connectivity index (χ1) is 9.16. The highest BCUT2D eigenvalue weighted by Crippen LogP contribution is 2.40. The number of halogens is 1. The minimum atomic E-state index is 0.493. The fourth-order valence-electron chi connectivity index (χ4n) is 3.35. The second kappa shape index (κ2) is 5.67. The Morgan fingerprint density at radius 2 is 2.16 bits per heavy atom. The van der Waals surface area contributed by atoms with Crippen LogP contribution in [0.2, 0.25) is 5.02 Å². The average Bonchev–Trinajstić information content (AvgIpc) is 2.84. The van der Waals surface area contributed by atoms with Gasteiger partial charge in [-0.1, -0.05) is 31.4 Å². The number of benzene rings is 1. The van der Waals surface area contributed by atoms with Crippen molar-refractivity contribution in [2.45, 2.75) is 50.0 Å². The monoisotopic (exact) mass is 295 g/mol. The van der Waals surface area contributed by atoms with Gasteiger partial charge in [-0.25, -0.2) is 0 Å². The predicted octanol–water partition coefficient (Wildman–Crippen LogP) is 5.05. The van der Waals surface area contributed by atoms with E-state index in [-0.39, 0.29) is 0 Å². The van der Waals surface area contributed by atoms with Crippen LogP contribution in [0.25, 0.3) is 0 Å². The highest BCUT2D eigenvalue weighted by Gasteiger charge is 2.30. The van der Waals surface area contributed by atoms with Crippen molar-refractivity contribution in [3.05, 3.63) is 28.8 Å². The first kappa shape index (κ1) is 13.8. The number of hydrogen-bond acceptors (Lipinski definition) is 2. The summed E-state index contributed by atoms with van der Waals surface area (Å²) < 4.78 is 0. The molecule has 3 heteroatoms. The molecule has 0 amide bonds. The number of nitrogens with one attached hydrogen (secondary N) is 1. The molecule has 1 heterocycles. The lowest BCUT2D eigenvalue weighted by Crippen LogP contribution is -2.33. The van der Waals surface area contributed by atoms with Crippen molar-refractivity contribution < 1.29 is 0 Å². The number of fused-ring (bicyclic) bond motifs is 1. The Bertz CT molecular complexity index is 454. The first-order valence-electron chi connectivity index (χ1n) is 7.32. The quantitative estimate of drug-likeness (QED) is 0.838. The van der Waals surface area contributed by atoms with Gasteiger partial charge in [-0.2, -0.15) is 0 Å². The smallest absolute Gasteiger partial charge is 0.0410 e. The van der Waals surface area contributed by atoms with Crippen LogP contribution in [-0.2, 0) is 0 Å². The molecule has 19 heavy (non-hydrogen) atoms. The standard InChI is InChI=1S/C16H22ClNS/c1-16(7-2-3-8-16)11-18-14-6-9-19-15-5-4-12(17)10-13(14)15/h4-5,10,14,18H,2-3,6-9,11H2,1H3. The van der Waals surface area contributed by atoms with E-state index >= 15 is 0 Å². The van der Waals surface area contributed by atoms with Crippen LogP contribution < -0.4 is 5.32 Å². The SMILES string of the molecule is CC1(CNC2CCSc3ccc(Cl)cc32)CCCC1. The Hall–Kier alpha value is -0.180. The molecule has 0 aromatic heterocycles. The third-order valence-corrected chi connectivity index (χ3v) is 5.95. The second-order valence-electron chi connectivity index (χ2n) is 6.27. The average molecular weight is 296 g/mol. The van der Waals surface area contributed by atoms with Gasteiger partial charge in [-0.3, -0.25) is 0 Å². The highest BCUT2D eigenvalue weighted by molar-refractivity contribution is 7.99. The summed E-state index contributed by atoms with van der Waals surface area (Å²) >= 11 is 8.12. The van der Waals surface area contributed by atoms with Gasteiger partial charge in [0.15, 0.2) is 0 Å². The maximum absolute atomic E-state index is 6.16. The van der Waals surface area contributed by atoms with Crippen molar-refractivity contribution in [1.82, 2.24) is 5.32 Å². The van der Waals surface area contributed by atoms with Crippen LogP contribution in [0.5, 0.6) is 0 Å². The molecule has 0 bridgehead atoms. The normalized spacial score (nSPS) is 25.3. The van der Waals surface area contributed by atoms with Crippen molar-refractivity contribution >= 4 is 23.4 Å². The van der Waals surface area contributed by atoms with E-state index in [0.717, 1.165) is 11.6 Å². The number of thioether (sulfide) groups is 1. The number of hydrogen-bond donors (Lipinski definition) is 1. The molecule has 0 spiro atoms. The molecule has 1 fully saturated rings. The maximum Gasteiger partial charge on any atom is 0.0410 e. The van der Waals surface area contributed by atoms with Crippen molar-refractivity contribution in [2.75, 3.05) is 12.3 Å². The molecule has 1 saturated carbocycles. The van der Waals surface area contributed by atoms with Crippen LogP contribution in [0.15, 0.2) is 23.1 Å². The molecule has 1 N–H and O–H groups in total. The van der Waals surface area contributed by atoms with Gasteiger partial charge >= 0.3 is 0 Å². The molecule has 1 aromatic rings. The molecule has 1 nitrogen and oxygen atoms in total. The fourth-order valence-corrected chi connectivity index (χ4v) is 4.64. The van der Waals surface area contributed by atoms with Gasteiger partial charge in [-0.05, 0) is 54.2 Å². The van der Waals surface area contributed by atoms with Crippen LogP contribution in [0.3, 0.4) is 0 Å². The fraction of sp³-hybridized carbons (Fsp3) is 0.625. The summed E-state index contributed by atoms with van der Waals surface area (Å²) in [7, 11) is 0. The summed E-state index contributed by atoms with van der Waals surface area (Å²) in [6.45, 7) is 3.58. The molecule has 1 aliphatic heterocycles. The molecule has 2 aliphatic rings. The van der Waals surface area contributed by atoms with Gasteiger partial charge in [0, 0.05) is 22.5 Å². The lowest BCUT2D eigenvalue weighted by atomic mass is 9.88. The predicted molar refractivity (Wildman–Crippen MR) is 84.1 cm³/mol. The molecular formula is C16H22ClNS. The largest absolute Gasteiger partial charge is 0.309 e. The van der Waals surface area contributed by atoms with E-state index in [1.54, 1.807) is 0 Å². The second-order valence-corrected chi connectivity index (χ2v) is 7.84. The van der Waals surface area contributed by atoms with Gasteiger partial charge in [0.05, 0.1) is 0 Å². The summed E-state index contributed by atoms with van der Waals surface area (Å²) in [4.78, 5) is 1.41. The van der Waals surface area contributed by atoms with Crippen LogP contribution in [0.1, 0.15) is 50.6 Å². The van der Waals surface area contributed by atoms with Crippen molar-refractivity contribution in [3.8, 4) is 0 Å². The van der Waals surface area contributed by atoms with Crippen LogP contribution >= 0.6 is 23.4 Å². The molecule has 1 atom stereocenters. The molecule has 1 aliphatic carbocycles. The Labute approximate surface area is 125 Å². The van der Waals surface area contributed by atoms with E-state index in [1.165, 1.54) is 48.3 Å². The van der Waals surface area contributed by atoms with E-state index in [1.807, 2.05) is 17.8 Å². The molecular weight excluding hydrogens is 274 g/mol. The summed E-state index contributed by atoms with van der Waals surface area (Å²) in [6, 6.07) is 6.83. The van der Waals surface area contributed by atoms with Gasteiger partial charge < -0.3 is 5.32 Å². The zero-order valence-electron chi connectivity index (χ0n) is 11.5. The zero-order valence-corrected chi connectivity index (χ0v) is 13.1. The third-order valence-electron chi connectivity index (χ3n) is 4.60. The topological polar surface area (TPSA) is 12.0 Å². The van der Waals surface area contributed by atoms with Crippen molar-refractivity contribution in [3.63, 3.8) is 0 Å². The number of rotatable bonds is 3. The summed E-state index contributed by atoms with van der Waals surface area (Å²) in [5.41, 5.74) is 1.92. The minimum Gasteiger partial charge on any atom is -0.309 e. The van der Waals surface area contributed by atoms with Gasteiger partial charge in [0.25, 0.3) is 0 Å². The van der Waals surface area contributed by atoms with Gasteiger partial charge in [0.1, 0.15) is 0 Å². The molecule has 3 rings (SSSR count). The van der Waals surface area contributed by atoms with Crippen LogP contribution in [0, 0.1) is 5.41 Å². The van der Waals surface area contributed by atoms with Gasteiger partial charge in [0.2, 0.25) is 0 Å². The Morgan fingerprint density at radius 1 is 1.37 bits per heavy atom. The van der Waals surface area contributed by atoms with E-state index in [4.69, 9.17) is 11.6 Å². The Kier molecular flexibility index (Phi) is 4.11. The van der Waals surface area contributed by atoms with E-state index in [0.29, 0.717) is 11.5 Å². The molecule has 1 unspecified atom stereocenters. The lowest BCUT2D eigenvalue weighted by molar-refractivity contribution is 0.294. The summed E-state index contributed by atoms with van der Waals surface area (Å²) in [5, 5.41) is 4.68. The molecule has 0 radical (unpaired) electrons. The first-order valence-corrected chi connectivity index (χ1v) is 8.68. The third kappa shape index (κ3) is 3.12. The summed E-state index contributed by atoms with van der Waals surface area (Å²) in [6.07, 6.45) is 6.78. The maximum atomic E-state index is 6.16. The minimum absolute atomic E-state index is 0.493. The van der Waals surface area contributed by atoms with E-state index in [2.05, 4.69) is 24.4 Å². The Morgan fingerprint density at radius 3 is 2.95 bits per heavy atom. The lowest BCUT2D eigenvalue weighted by Gasteiger charge is -2.31. The van der Waals surface area contributed by atoms with E-state index < -0.39 is 0 Å². The highest BCUT2D eigenvalue weighted by atomic mass is 35.5. The van der Waals surface area contributed by atoms with E-state index in [9.17, 15) is 0 Å². The zero-order chi connectivity index (χ0) is 13.3. The van der Waals surface area contributed by atoms with Crippen LogP contribution in [-0.4, -0.2) is 12.3 Å². The van der Waals surface area contributed by atoms with Crippen molar-refractivity contribution in [2.24, 2.45) is 5.41 Å².